The second-order valence-electron chi connectivity index (χ2n) is 6.65. The molecule has 3 aromatic rings. The van der Waals surface area contributed by atoms with Crippen LogP contribution in [0.4, 0.5) is 5.69 Å². The number of aryl methyl sites for hydroxylation is 1. The maximum Gasteiger partial charge on any atom is 0.338 e. The second-order valence-corrected chi connectivity index (χ2v) is 7.06. The zero-order valence-electron chi connectivity index (χ0n) is 16.8. The van der Waals surface area contributed by atoms with Crippen LogP contribution in [0, 0.1) is 6.92 Å². The van der Waals surface area contributed by atoms with Gasteiger partial charge in [0.2, 0.25) is 0 Å². The molecule has 30 heavy (non-hydrogen) atoms. The molecule has 0 saturated carbocycles. The predicted molar refractivity (Wildman–Crippen MR) is 122 cm³/mol. The molecule has 0 aliphatic heterocycles. The molecule has 0 aliphatic carbocycles. The topological polar surface area (TPSA) is 55.4 Å². The van der Waals surface area contributed by atoms with Gasteiger partial charge in [-0.15, -0.1) is 0 Å². The fourth-order valence-corrected chi connectivity index (χ4v) is 3.12. The number of rotatable bonds is 6. The van der Waals surface area contributed by atoms with E-state index in [1.807, 2.05) is 55.5 Å². The number of ether oxygens (including phenoxy) is 1. The summed E-state index contributed by atoms with van der Waals surface area (Å²) in [7, 11) is 0. The van der Waals surface area contributed by atoms with Crippen molar-refractivity contribution in [3.8, 4) is 0 Å². The molecule has 0 unspecified atom stereocenters. The summed E-state index contributed by atoms with van der Waals surface area (Å²) in [5.41, 5.74) is 3.73. The molecule has 0 radical (unpaired) electrons. The van der Waals surface area contributed by atoms with Crippen LogP contribution in [0.1, 0.15) is 34.0 Å². The van der Waals surface area contributed by atoms with Gasteiger partial charge in [0, 0.05) is 16.3 Å². The first-order chi connectivity index (χ1) is 14.5. The lowest BCUT2D eigenvalue weighted by Crippen LogP contribution is -2.15. The largest absolute Gasteiger partial charge is 0.462 e. The van der Waals surface area contributed by atoms with Crippen molar-refractivity contribution in [3.63, 3.8) is 0 Å². The number of esters is 1. The molecule has 0 aliphatic rings. The van der Waals surface area contributed by atoms with Crippen molar-refractivity contribution in [2.75, 3.05) is 11.9 Å². The molecule has 3 aromatic carbocycles. The normalized spacial score (nSPS) is 11.1. The number of benzene rings is 3. The van der Waals surface area contributed by atoms with Gasteiger partial charge >= 0.3 is 5.97 Å². The van der Waals surface area contributed by atoms with Crippen molar-refractivity contribution in [3.05, 3.63) is 100 Å². The lowest BCUT2D eigenvalue weighted by molar-refractivity contribution is -0.111. The molecule has 152 valence electrons. The lowest BCUT2D eigenvalue weighted by Gasteiger charge is -2.13. The van der Waals surface area contributed by atoms with Gasteiger partial charge in [-0.25, -0.2) is 4.79 Å². The molecule has 3 rings (SSSR count). The van der Waals surface area contributed by atoms with Gasteiger partial charge in [-0.05, 0) is 54.8 Å². The highest BCUT2D eigenvalue weighted by Crippen LogP contribution is 2.26. The van der Waals surface area contributed by atoms with Crippen LogP contribution in [0.15, 0.2) is 72.8 Å². The average molecular weight is 420 g/mol. The van der Waals surface area contributed by atoms with Crippen molar-refractivity contribution < 1.29 is 14.3 Å². The first kappa shape index (κ1) is 21.3. The van der Waals surface area contributed by atoms with E-state index in [4.69, 9.17) is 16.3 Å². The van der Waals surface area contributed by atoms with Crippen LogP contribution < -0.4 is 5.32 Å². The summed E-state index contributed by atoms with van der Waals surface area (Å²) in [4.78, 5) is 25.3. The number of amides is 1. The standard InChI is InChI=1S/C25H22ClNO3/c1-3-30-25(29)20-14-13-17(2)23(16-20)27-24(28)21(18-9-5-4-6-10-18)15-19-11-7-8-12-22(19)26/h4-16H,3H2,1-2H3,(H,27,28)/b21-15+. The van der Waals surface area contributed by atoms with E-state index in [1.54, 1.807) is 37.3 Å². The third-order valence-corrected chi connectivity index (χ3v) is 4.88. The Bertz CT molecular complexity index is 1090. The van der Waals surface area contributed by atoms with E-state index in [9.17, 15) is 9.59 Å². The summed E-state index contributed by atoms with van der Waals surface area (Å²) < 4.78 is 5.06. The van der Waals surface area contributed by atoms with E-state index in [2.05, 4.69) is 5.32 Å². The smallest absolute Gasteiger partial charge is 0.338 e. The highest BCUT2D eigenvalue weighted by atomic mass is 35.5. The first-order valence-corrected chi connectivity index (χ1v) is 9.98. The van der Waals surface area contributed by atoms with Gasteiger partial charge in [-0.3, -0.25) is 4.79 Å². The van der Waals surface area contributed by atoms with Gasteiger partial charge in [0.1, 0.15) is 0 Å². The summed E-state index contributed by atoms with van der Waals surface area (Å²) in [6.45, 7) is 3.90. The molecule has 0 heterocycles. The van der Waals surface area contributed by atoms with E-state index in [1.165, 1.54) is 0 Å². The van der Waals surface area contributed by atoms with Gasteiger partial charge in [-0.1, -0.05) is 66.2 Å². The predicted octanol–water partition coefficient (Wildman–Crippen LogP) is 6.00. The number of halogens is 1. The van der Waals surface area contributed by atoms with Crippen LogP contribution in [0.3, 0.4) is 0 Å². The quantitative estimate of drug-likeness (QED) is 0.302. The fourth-order valence-electron chi connectivity index (χ4n) is 2.93. The molecule has 5 heteroatoms. The number of carbonyl (C=O) groups excluding carboxylic acids is 2. The monoisotopic (exact) mass is 419 g/mol. The van der Waals surface area contributed by atoms with Gasteiger partial charge < -0.3 is 10.1 Å². The highest BCUT2D eigenvalue weighted by molar-refractivity contribution is 6.34. The maximum atomic E-state index is 13.2. The van der Waals surface area contributed by atoms with Crippen molar-refractivity contribution in [1.82, 2.24) is 0 Å². The zero-order chi connectivity index (χ0) is 21.5. The van der Waals surface area contributed by atoms with E-state index >= 15 is 0 Å². The van der Waals surface area contributed by atoms with E-state index < -0.39 is 5.97 Å². The number of hydrogen-bond acceptors (Lipinski definition) is 3. The molecule has 0 fully saturated rings. The molecule has 0 saturated heterocycles. The van der Waals surface area contributed by atoms with Crippen LogP contribution in [-0.2, 0) is 9.53 Å². The van der Waals surface area contributed by atoms with Gasteiger partial charge in [0.05, 0.1) is 12.2 Å². The minimum atomic E-state index is -0.428. The Morgan fingerprint density at radius 1 is 0.967 bits per heavy atom. The van der Waals surface area contributed by atoms with Crippen LogP contribution in [0.25, 0.3) is 11.6 Å². The molecule has 1 N–H and O–H groups in total. The molecule has 0 spiro atoms. The maximum absolute atomic E-state index is 13.2. The molecule has 0 bridgehead atoms. The van der Waals surface area contributed by atoms with Gasteiger partial charge in [0.15, 0.2) is 0 Å². The Balaban J connectivity index is 1.98. The van der Waals surface area contributed by atoms with Crippen molar-refractivity contribution in [1.29, 1.82) is 0 Å². The van der Waals surface area contributed by atoms with Crippen LogP contribution in [0.2, 0.25) is 5.02 Å². The average Bonchev–Trinajstić information content (AvgIpc) is 2.75. The Kier molecular flexibility index (Phi) is 7.04. The SMILES string of the molecule is CCOC(=O)c1ccc(C)c(NC(=O)/C(=C/c2ccccc2Cl)c2ccccc2)c1. The summed E-state index contributed by atoms with van der Waals surface area (Å²) in [6.07, 6.45) is 1.76. The summed E-state index contributed by atoms with van der Waals surface area (Å²) in [5, 5.41) is 3.48. The second kappa shape index (κ2) is 9.90. The van der Waals surface area contributed by atoms with Crippen molar-refractivity contribution in [2.45, 2.75) is 13.8 Å². The van der Waals surface area contributed by atoms with Crippen LogP contribution >= 0.6 is 11.6 Å². The Morgan fingerprint density at radius 3 is 2.37 bits per heavy atom. The van der Waals surface area contributed by atoms with Crippen LogP contribution in [0.5, 0.6) is 0 Å². The Labute approximate surface area is 181 Å². The number of carbonyl (C=O) groups is 2. The first-order valence-electron chi connectivity index (χ1n) is 9.60. The molecule has 0 atom stereocenters. The van der Waals surface area contributed by atoms with Crippen molar-refractivity contribution in [2.24, 2.45) is 0 Å². The molecular weight excluding hydrogens is 398 g/mol. The minimum absolute atomic E-state index is 0.285. The van der Waals surface area contributed by atoms with Gasteiger partial charge in [0.25, 0.3) is 5.91 Å². The summed E-state index contributed by atoms with van der Waals surface area (Å²) in [5.74, 6) is -0.729. The number of nitrogens with one attached hydrogen (secondary N) is 1. The molecule has 0 aromatic heterocycles. The third-order valence-electron chi connectivity index (χ3n) is 4.53. The van der Waals surface area contributed by atoms with Gasteiger partial charge in [-0.2, -0.15) is 0 Å². The highest BCUT2D eigenvalue weighted by Gasteiger charge is 2.16. The van der Waals surface area contributed by atoms with Crippen LogP contribution in [-0.4, -0.2) is 18.5 Å². The lowest BCUT2D eigenvalue weighted by atomic mass is 10.0. The molecular formula is C25H22ClNO3. The van der Waals surface area contributed by atoms with E-state index in [0.29, 0.717) is 21.8 Å². The van der Waals surface area contributed by atoms with E-state index in [-0.39, 0.29) is 12.5 Å². The Hall–Kier alpha value is -3.37. The minimum Gasteiger partial charge on any atom is -0.462 e. The molecule has 1 amide bonds. The Morgan fingerprint density at radius 2 is 1.67 bits per heavy atom. The van der Waals surface area contributed by atoms with E-state index in [0.717, 1.165) is 16.7 Å². The fraction of sp³-hybridized carbons (Fsp3) is 0.120. The third kappa shape index (κ3) is 5.16. The summed E-state index contributed by atoms with van der Waals surface area (Å²) >= 11 is 6.30. The number of hydrogen-bond donors (Lipinski definition) is 1. The number of anilines is 1. The summed E-state index contributed by atoms with van der Waals surface area (Å²) in [6, 6.07) is 21.8. The molecule has 4 nitrogen and oxygen atoms in total. The van der Waals surface area contributed by atoms with Crippen molar-refractivity contribution >= 4 is 40.8 Å². The zero-order valence-corrected chi connectivity index (χ0v) is 17.6.